The van der Waals surface area contributed by atoms with E-state index in [2.05, 4.69) is 47.3 Å². The van der Waals surface area contributed by atoms with Crippen LogP contribution in [-0.4, -0.2) is 9.97 Å². The maximum atomic E-state index is 9.49. The Morgan fingerprint density at radius 2 is 2.29 bits per heavy atom. The number of allylic oxidation sites excluding steroid dienone is 4. The Bertz CT molecular complexity index is 803. The van der Waals surface area contributed by atoms with E-state index in [0.717, 1.165) is 17.0 Å². The number of rotatable bonds is 2. The van der Waals surface area contributed by atoms with E-state index < -0.39 is 0 Å². The number of nitriles is 1. The summed E-state index contributed by atoms with van der Waals surface area (Å²) in [5.74, 6) is 2.52. The van der Waals surface area contributed by atoms with Crippen LogP contribution in [0.15, 0.2) is 36.4 Å². The molecule has 3 heteroatoms. The molecule has 21 heavy (non-hydrogen) atoms. The van der Waals surface area contributed by atoms with Crippen LogP contribution in [0, 0.1) is 36.0 Å². The van der Waals surface area contributed by atoms with Gasteiger partial charge in [-0.15, -0.1) is 0 Å². The SMILES string of the molecule is Cc1ccc2nc(/C(C#N)=C/[C@@H]3C[C@H]4C=C[C@@H]3C4)[nH]c2c1. The van der Waals surface area contributed by atoms with Crippen LogP contribution in [0.5, 0.6) is 0 Å². The van der Waals surface area contributed by atoms with Crippen molar-refractivity contribution in [1.82, 2.24) is 9.97 Å². The molecule has 2 aromatic rings. The van der Waals surface area contributed by atoms with Crippen LogP contribution in [0.4, 0.5) is 0 Å². The molecule has 0 saturated heterocycles. The minimum absolute atomic E-state index is 0.490. The van der Waals surface area contributed by atoms with Gasteiger partial charge in [0.1, 0.15) is 11.9 Å². The van der Waals surface area contributed by atoms with Crippen LogP contribution in [-0.2, 0) is 0 Å². The minimum atomic E-state index is 0.490. The summed E-state index contributed by atoms with van der Waals surface area (Å²) in [6.07, 6.45) is 9.18. The Morgan fingerprint density at radius 1 is 1.38 bits per heavy atom. The van der Waals surface area contributed by atoms with E-state index in [1.165, 1.54) is 18.4 Å². The predicted octanol–water partition coefficient (Wildman–Crippen LogP) is 3.99. The summed E-state index contributed by atoms with van der Waals surface area (Å²) in [6, 6.07) is 8.44. The molecule has 0 aliphatic heterocycles. The molecule has 104 valence electrons. The first-order valence-electron chi connectivity index (χ1n) is 7.50. The summed E-state index contributed by atoms with van der Waals surface area (Å²) in [6.45, 7) is 2.06. The van der Waals surface area contributed by atoms with E-state index in [1.54, 1.807) is 0 Å². The fraction of sp³-hybridized carbons (Fsp3) is 0.333. The number of aromatic nitrogens is 2. The summed E-state index contributed by atoms with van der Waals surface area (Å²) in [4.78, 5) is 7.85. The lowest BCUT2D eigenvalue weighted by molar-refractivity contribution is 0.551. The van der Waals surface area contributed by atoms with Crippen LogP contribution >= 0.6 is 0 Å². The van der Waals surface area contributed by atoms with Gasteiger partial charge in [-0.1, -0.05) is 24.3 Å². The molecule has 2 aliphatic rings. The topological polar surface area (TPSA) is 52.5 Å². The maximum absolute atomic E-state index is 9.49. The van der Waals surface area contributed by atoms with Gasteiger partial charge in [0.25, 0.3) is 0 Å². The van der Waals surface area contributed by atoms with E-state index in [1.807, 2.05) is 12.1 Å². The number of benzene rings is 1. The zero-order valence-corrected chi connectivity index (χ0v) is 12.0. The van der Waals surface area contributed by atoms with Crippen molar-refractivity contribution in [3.8, 4) is 6.07 Å². The van der Waals surface area contributed by atoms with Crippen molar-refractivity contribution >= 4 is 16.6 Å². The normalized spacial score (nSPS) is 27.4. The second kappa shape index (κ2) is 4.60. The quantitative estimate of drug-likeness (QED) is 0.665. The second-order valence-electron chi connectivity index (χ2n) is 6.24. The summed E-state index contributed by atoms with van der Waals surface area (Å²) < 4.78 is 0. The van der Waals surface area contributed by atoms with E-state index in [4.69, 9.17) is 0 Å². The lowest BCUT2D eigenvalue weighted by atomic mass is 9.91. The van der Waals surface area contributed by atoms with Crippen molar-refractivity contribution in [3.63, 3.8) is 0 Å². The molecule has 0 unspecified atom stereocenters. The van der Waals surface area contributed by atoms with Gasteiger partial charge in [0.2, 0.25) is 0 Å². The highest BCUT2D eigenvalue weighted by Crippen LogP contribution is 2.44. The van der Waals surface area contributed by atoms with E-state index in [-0.39, 0.29) is 0 Å². The highest BCUT2D eigenvalue weighted by molar-refractivity contribution is 5.82. The zero-order chi connectivity index (χ0) is 14.4. The van der Waals surface area contributed by atoms with Crippen molar-refractivity contribution in [2.75, 3.05) is 0 Å². The minimum Gasteiger partial charge on any atom is -0.337 e. The van der Waals surface area contributed by atoms with Crippen molar-refractivity contribution < 1.29 is 0 Å². The lowest BCUT2D eigenvalue weighted by Gasteiger charge is -2.13. The van der Waals surface area contributed by atoms with Gasteiger partial charge in [0.05, 0.1) is 16.6 Å². The number of hydrogen-bond donors (Lipinski definition) is 1. The summed E-state index contributed by atoms with van der Waals surface area (Å²) in [5.41, 5.74) is 3.79. The fourth-order valence-corrected chi connectivity index (χ4v) is 3.65. The van der Waals surface area contributed by atoms with Gasteiger partial charge in [0, 0.05) is 0 Å². The summed E-state index contributed by atoms with van der Waals surface area (Å²) in [7, 11) is 0. The number of H-pyrrole nitrogens is 1. The Kier molecular flexibility index (Phi) is 2.71. The number of nitrogens with zero attached hydrogens (tertiary/aromatic N) is 2. The van der Waals surface area contributed by atoms with E-state index in [9.17, 15) is 5.26 Å². The van der Waals surface area contributed by atoms with Gasteiger partial charge in [-0.2, -0.15) is 5.26 Å². The molecule has 0 amide bonds. The van der Waals surface area contributed by atoms with Crippen LogP contribution in [0.1, 0.15) is 24.2 Å². The Morgan fingerprint density at radius 3 is 3.00 bits per heavy atom. The average Bonchev–Trinajstić information content (AvgIpc) is 3.18. The van der Waals surface area contributed by atoms with E-state index in [0.29, 0.717) is 23.2 Å². The van der Waals surface area contributed by atoms with Crippen molar-refractivity contribution in [2.45, 2.75) is 19.8 Å². The first kappa shape index (κ1) is 12.4. The smallest absolute Gasteiger partial charge is 0.148 e. The van der Waals surface area contributed by atoms with Crippen LogP contribution < -0.4 is 0 Å². The molecule has 3 nitrogen and oxygen atoms in total. The molecule has 1 aromatic heterocycles. The molecular weight excluding hydrogens is 258 g/mol. The standard InChI is InChI=1S/C18H17N3/c1-11-2-5-16-17(6-11)21-18(20-16)15(10-19)9-14-8-12-3-4-13(14)7-12/h2-6,9,12-14H,7-8H2,1H3,(H,20,21)/b15-9+/t12-,13+,14-/m0/s1. The van der Waals surface area contributed by atoms with Gasteiger partial charge in [-0.05, 0) is 55.2 Å². The molecule has 1 saturated carbocycles. The van der Waals surface area contributed by atoms with Gasteiger partial charge in [-0.3, -0.25) is 0 Å². The fourth-order valence-electron chi connectivity index (χ4n) is 3.65. The molecule has 2 bridgehead atoms. The van der Waals surface area contributed by atoms with Crippen molar-refractivity contribution in [1.29, 1.82) is 5.26 Å². The van der Waals surface area contributed by atoms with Crippen LogP contribution in [0.25, 0.3) is 16.6 Å². The number of aromatic amines is 1. The number of nitrogens with one attached hydrogen (secondary N) is 1. The molecule has 1 N–H and O–H groups in total. The third-order valence-electron chi connectivity index (χ3n) is 4.72. The third kappa shape index (κ3) is 2.08. The maximum Gasteiger partial charge on any atom is 0.148 e. The second-order valence-corrected chi connectivity index (χ2v) is 6.24. The molecule has 3 atom stereocenters. The molecule has 0 radical (unpaired) electrons. The summed E-state index contributed by atoms with van der Waals surface area (Å²) >= 11 is 0. The monoisotopic (exact) mass is 275 g/mol. The average molecular weight is 275 g/mol. The number of imidazole rings is 1. The first-order chi connectivity index (χ1) is 10.2. The highest BCUT2D eigenvalue weighted by Gasteiger charge is 2.34. The van der Waals surface area contributed by atoms with Crippen LogP contribution in [0.2, 0.25) is 0 Å². The molecule has 4 rings (SSSR count). The van der Waals surface area contributed by atoms with Gasteiger partial charge >= 0.3 is 0 Å². The first-order valence-corrected chi connectivity index (χ1v) is 7.50. The molecule has 2 aliphatic carbocycles. The summed E-state index contributed by atoms with van der Waals surface area (Å²) in [5, 5.41) is 9.49. The number of fused-ring (bicyclic) bond motifs is 3. The lowest BCUT2D eigenvalue weighted by Crippen LogP contribution is -2.04. The molecular formula is C18H17N3. The van der Waals surface area contributed by atoms with Crippen LogP contribution in [0.3, 0.4) is 0 Å². The van der Waals surface area contributed by atoms with Crippen molar-refractivity contribution in [3.05, 3.63) is 47.8 Å². The molecule has 1 aromatic carbocycles. The van der Waals surface area contributed by atoms with Gasteiger partial charge < -0.3 is 4.98 Å². The highest BCUT2D eigenvalue weighted by atomic mass is 14.9. The Labute approximate surface area is 124 Å². The number of hydrogen-bond acceptors (Lipinski definition) is 2. The Balaban J connectivity index is 1.71. The number of aryl methyl sites for hydroxylation is 1. The third-order valence-corrected chi connectivity index (χ3v) is 4.72. The Hall–Kier alpha value is -2.34. The zero-order valence-electron chi connectivity index (χ0n) is 12.0. The van der Waals surface area contributed by atoms with Crippen molar-refractivity contribution in [2.24, 2.45) is 17.8 Å². The van der Waals surface area contributed by atoms with Gasteiger partial charge in [0.15, 0.2) is 0 Å². The molecule has 1 fully saturated rings. The van der Waals surface area contributed by atoms with E-state index >= 15 is 0 Å². The molecule has 0 spiro atoms. The van der Waals surface area contributed by atoms with Gasteiger partial charge in [-0.25, -0.2) is 4.98 Å². The predicted molar refractivity (Wildman–Crippen MR) is 83.3 cm³/mol. The molecule has 1 heterocycles. The largest absolute Gasteiger partial charge is 0.337 e.